The van der Waals surface area contributed by atoms with Crippen molar-refractivity contribution in [2.75, 3.05) is 31.1 Å². The monoisotopic (exact) mass is 473 g/mol. The van der Waals surface area contributed by atoms with E-state index in [0.29, 0.717) is 19.0 Å². The maximum atomic E-state index is 12.9. The van der Waals surface area contributed by atoms with Gasteiger partial charge in [-0.05, 0) is 36.1 Å². The van der Waals surface area contributed by atoms with Gasteiger partial charge in [0.15, 0.2) is 0 Å². The van der Waals surface area contributed by atoms with E-state index in [1.54, 1.807) is 0 Å². The van der Waals surface area contributed by atoms with Gasteiger partial charge in [0, 0.05) is 38.6 Å². The molecule has 0 saturated carbocycles. The highest BCUT2D eigenvalue weighted by molar-refractivity contribution is 7.89. The van der Waals surface area contributed by atoms with E-state index < -0.39 is 28.0 Å². The van der Waals surface area contributed by atoms with Gasteiger partial charge in [-0.3, -0.25) is 10.0 Å². The molecule has 10 nitrogen and oxygen atoms in total. The van der Waals surface area contributed by atoms with Gasteiger partial charge in [-0.2, -0.15) is 4.31 Å². The molecule has 14 heteroatoms. The van der Waals surface area contributed by atoms with E-state index in [4.69, 9.17) is 5.21 Å². The maximum Gasteiger partial charge on any atom is 0.573 e. The number of nitrogens with one attached hydrogen (secondary N) is 1. The first-order valence-corrected chi connectivity index (χ1v) is 10.9. The molecule has 172 valence electrons. The van der Waals surface area contributed by atoms with Gasteiger partial charge in [-0.25, -0.2) is 23.9 Å². The molecule has 0 radical (unpaired) electrons. The van der Waals surface area contributed by atoms with Gasteiger partial charge in [-0.1, -0.05) is 0 Å². The lowest BCUT2D eigenvalue weighted by molar-refractivity contribution is -0.274. The van der Waals surface area contributed by atoms with Crippen molar-refractivity contribution in [2.24, 2.45) is 11.8 Å². The van der Waals surface area contributed by atoms with Crippen LogP contribution in [0.5, 0.6) is 5.75 Å². The van der Waals surface area contributed by atoms with Gasteiger partial charge in [0.1, 0.15) is 5.75 Å². The van der Waals surface area contributed by atoms with Gasteiger partial charge in [0.2, 0.25) is 16.0 Å². The summed E-state index contributed by atoms with van der Waals surface area (Å²) >= 11 is 0. The number of carbonyl (C=O) groups is 1. The molecule has 2 N–H and O–H groups in total. The van der Waals surface area contributed by atoms with Gasteiger partial charge in [-0.15, -0.1) is 13.2 Å². The van der Waals surface area contributed by atoms with Crippen molar-refractivity contribution in [2.45, 2.75) is 11.3 Å². The number of hydrogen-bond donors (Lipinski definition) is 2. The summed E-state index contributed by atoms with van der Waals surface area (Å²) in [7, 11) is -3.86. The van der Waals surface area contributed by atoms with Crippen LogP contribution in [0.1, 0.15) is 10.4 Å². The predicted octanol–water partition coefficient (Wildman–Crippen LogP) is 1.25. The molecule has 1 aromatic carbocycles. The molecule has 4 rings (SSSR count). The Morgan fingerprint density at radius 1 is 1.06 bits per heavy atom. The molecule has 2 aliphatic rings. The fourth-order valence-corrected chi connectivity index (χ4v) is 5.49. The molecule has 2 aromatic rings. The summed E-state index contributed by atoms with van der Waals surface area (Å²) in [6, 6.07) is 4.12. The molecule has 0 aliphatic carbocycles. The summed E-state index contributed by atoms with van der Waals surface area (Å²) in [5.74, 6) is -0.770. The Hall–Kier alpha value is -2.97. The standard InChI is InChI=1S/C18H18F3N5O5S/c19-18(20,21)31-14-1-3-15(4-2-14)32(29,30)26-9-12-7-25(8-13(12)10-26)17-22-5-11(6-23-17)16(27)24-28/h1-6,12-13,28H,7-10H2,(H,24,27)/t12-,13+. The van der Waals surface area contributed by atoms with Gasteiger partial charge >= 0.3 is 6.36 Å². The lowest BCUT2D eigenvalue weighted by Crippen LogP contribution is -2.33. The number of nitrogens with zero attached hydrogens (tertiary/aromatic N) is 4. The molecule has 1 amide bonds. The molecule has 2 aliphatic heterocycles. The Balaban J connectivity index is 1.40. The molecule has 32 heavy (non-hydrogen) atoms. The fourth-order valence-electron chi connectivity index (χ4n) is 3.94. The van der Waals surface area contributed by atoms with Crippen molar-refractivity contribution in [3.05, 3.63) is 42.2 Å². The number of carbonyl (C=O) groups excluding carboxylic acids is 1. The Morgan fingerprint density at radius 2 is 1.62 bits per heavy atom. The third-order valence-electron chi connectivity index (χ3n) is 5.43. The molecule has 0 unspecified atom stereocenters. The number of ether oxygens (including phenoxy) is 1. The second-order valence-electron chi connectivity index (χ2n) is 7.48. The topological polar surface area (TPSA) is 125 Å². The Bertz CT molecular complexity index is 1080. The van der Waals surface area contributed by atoms with E-state index in [2.05, 4.69) is 14.7 Å². The van der Waals surface area contributed by atoms with Crippen LogP contribution in [0.4, 0.5) is 19.1 Å². The van der Waals surface area contributed by atoms with Crippen LogP contribution in [0.3, 0.4) is 0 Å². The summed E-state index contributed by atoms with van der Waals surface area (Å²) in [6.07, 6.45) is -2.29. The smallest absolute Gasteiger partial charge is 0.406 e. The summed E-state index contributed by atoms with van der Waals surface area (Å²) in [5, 5.41) is 8.64. The number of halogens is 3. The average Bonchev–Trinajstić information content (AvgIpc) is 3.32. The van der Waals surface area contributed by atoms with E-state index in [9.17, 15) is 26.4 Å². The number of alkyl halides is 3. The largest absolute Gasteiger partial charge is 0.573 e. The van der Waals surface area contributed by atoms with Crippen LogP contribution < -0.4 is 15.1 Å². The number of hydrogen-bond acceptors (Lipinski definition) is 8. The predicted molar refractivity (Wildman–Crippen MR) is 102 cm³/mol. The third-order valence-corrected chi connectivity index (χ3v) is 7.28. The molecular weight excluding hydrogens is 455 g/mol. The first-order chi connectivity index (χ1) is 15.1. The molecular formula is C18H18F3N5O5S. The highest BCUT2D eigenvalue weighted by Gasteiger charge is 2.45. The lowest BCUT2D eigenvalue weighted by atomic mass is 10.0. The second kappa shape index (κ2) is 8.18. The van der Waals surface area contributed by atoms with Crippen molar-refractivity contribution in [1.82, 2.24) is 19.8 Å². The molecule has 1 aromatic heterocycles. The van der Waals surface area contributed by atoms with Gasteiger partial charge in [0.25, 0.3) is 5.91 Å². The minimum atomic E-state index is -4.85. The zero-order valence-electron chi connectivity index (χ0n) is 16.4. The van der Waals surface area contributed by atoms with Crippen LogP contribution in [-0.4, -0.2) is 66.3 Å². The number of rotatable bonds is 5. The van der Waals surface area contributed by atoms with Crippen LogP contribution in [0.15, 0.2) is 41.6 Å². The number of anilines is 1. The molecule has 0 bridgehead atoms. The minimum Gasteiger partial charge on any atom is -0.406 e. The zero-order chi connectivity index (χ0) is 23.1. The highest BCUT2D eigenvalue weighted by Crippen LogP contribution is 2.35. The van der Waals surface area contributed by atoms with Crippen molar-refractivity contribution < 1.29 is 36.3 Å². The van der Waals surface area contributed by atoms with Crippen molar-refractivity contribution >= 4 is 21.9 Å². The molecule has 0 spiro atoms. The normalized spacial score (nSPS) is 21.4. The Kier molecular flexibility index (Phi) is 5.68. The number of fused-ring (bicyclic) bond motifs is 1. The van der Waals surface area contributed by atoms with E-state index in [1.165, 1.54) is 22.2 Å². The number of hydroxylamine groups is 1. The van der Waals surface area contributed by atoms with E-state index in [1.807, 2.05) is 4.90 Å². The van der Waals surface area contributed by atoms with Crippen LogP contribution >= 0.6 is 0 Å². The number of benzene rings is 1. The third kappa shape index (κ3) is 4.47. The molecule has 3 heterocycles. The van der Waals surface area contributed by atoms with Crippen LogP contribution in [0.2, 0.25) is 0 Å². The van der Waals surface area contributed by atoms with E-state index in [-0.39, 0.29) is 35.4 Å². The van der Waals surface area contributed by atoms with Crippen molar-refractivity contribution in [3.8, 4) is 5.75 Å². The number of aromatic nitrogens is 2. The summed E-state index contributed by atoms with van der Waals surface area (Å²) in [5.41, 5.74) is 1.59. The zero-order valence-corrected chi connectivity index (χ0v) is 17.2. The van der Waals surface area contributed by atoms with Crippen LogP contribution in [0.25, 0.3) is 0 Å². The van der Waals surface area contributed by atoms with Crippen molar-refractivity contribution in [3.63, 3.8) is 0 Å². The SMILES string of the molecule is O=C(NO)c1cnc(N2C[C@@H]3CN(S(=O)(=O)c4ccc(OC(F)(F)F)cc4)C[C@@H]3C2)nc1. The minimum absolute atomic E-state index is 0.0293. The molecule has 2 fully saturated rings. The van der Waals surface area contributed by atoms with Gasteiger partial charge in [0.05, 0.1) is 10.5 Å². The lowest BCUT2D eigenvalue weighted by Gasteiger charge is -2.21. The van der Waals surface area contributed by atoms with E-state index in [0.717, 1.165) is 24.3 Å². The average molecular weight is 473 g/mol. The fraction of sp³-hybridized carbons (Fsp3) is 0.389. The summed E-state index contributed by atoms with van der Waals surface area (Å²) in [6.45, 7) is 1.55. The number of sulfonamides is 1. The molecule has 2 atom stereocenters. The maximum absolute atomic E-state index is 12.9. The Morgan fingerprint density at radius 3 is 2.12 bits per heavy atom. The van der Waals surface area contributed by atoms with Crippen LogP contribution in [-0.2, 0) is 10.0 Å². The van der Waals surface area contributed by atoms with E-state index >= 15 is 0 Å². The van der Waals surface area contributed by atoms with Crippen LogP contribution in [0, 0.1) is 11.8 Å². The summed E-state index contributed by atoms with van der Waals surface area (Å²) < 4.78 is 67.8. The first-order valence-electron chi connectivity index (χ1n) is 9.44. The second-order valence-corrected chi connectivity index (χ2v) is 9.42. The highest BCUT2D eigenvalue weighted by atomic mass is 32.2. The molecule has 2 saturated heterocycles. The quantitative estimate of drug-likeness (QED) is 0.491. The number of amides is 1. The van der Waals surface area contributed by atoms with Gasteiger partial charge < -0.3 is 9.64 Å². The van der Waals surface area contributed by atoms with Crippen molar-refractivity contribution in [1.29, 1.82) is 0 Å². The summed E-state index contributed by atoms with van der Waals surface area (Å²) in [4.78, 5) is 21.4. The first kappa shape index (κ1) is 22.2. The Labute approximate surface area is 180 Å².